The maximum absolute atomic E-state index is 12.0. The Hall–Kier alpha value is -1.07. The maximum atomic E-state index is 12.0. The molecule has 1 aromatic heterocycles. The van der Waals surface area contributed by atoms with Crippen LogP contribution in [0.3, 0.4) is 0 Å². The molecule has 0 radical (unpaired) electrons. The second-order valence-corrected chi connectivity index (χ2v) is 6.85. The zero-order chi connectivity index (χ0) is 15.0. The smallest absolute Gasteiger partial charge is 0.223 e. The van der Waals surface area contributed by atoms with Crippen molar-refractivity contribution in [3.8, 4) is 0 Å². The van der Waals surface area contributed by atoms with Gasteiger partial charge in [0.15, 0.2) is 0 Å². The van der Waals surface area contributed by atoms with Crippen molar-refractivity contribution in [3.05, 3.63) is 30.1 Å². The predicted octanol–water partition coefficient (Wildman–Crippen LogP) is 2.15. The zero-order valence-corrected chi connectivity index (χ0v) is 13.4. The number of carbonyl (C=O) groups is 1. The van der Waals surface area contributed by atoms with E-state index in [-0.39, 0.29) is 11.3 Å². The number of rotatable bonds is 8. The van der Waals surface area contributed by atoms with Crippen molar-refractivity contribution in [2.24, 2.45) is 11.1 Å². The number of nitrogens with two attached hydrogens (primary N) is 1. The van der Waals surface area contributed by atoms with Crippen LogP contribution in [0.5, 0.6) is 0 Å². The Morgan fingerprint density at radius 2 is 2.20 bits per heavy atom. The molecule has 1 rings (SSSR count). The number of pyridine rings is 1. The minimum absolute atomic E-state index is 0.0223. The normalized spacial score (nSPS) is 11.4. The summed E-state index contributed by atoms with van der Waals surface area (Å²) in [4.78, 5) is 18.1. The molecule has 0 aromatic carbocycles. The summed E-state index contributed by atoms with van der Waals surface area (Å²) in [7, 11) is 1.85. The fourth-order valence-corrected chi connectivity index (χ4v) is 2.65. The summed E-state index contributed by atoms with van der Waals surface area (Å²) in [6, 6.07) is 5.90. The van der Waals surface area contributed by atoms with E-state index in [2.05, 4.69) is 18.8 Å². The van der Waals surface area contributed by atoms with Crippen molar-refractivity contribution in [3.63, 3.8) is 0 Å². The average Bonchev–Trinajstić information content (AvgIpc) is 2.44. The average molecular weight is 295 g/mol. The van der Waals surface area contributed by atoms with E-state index in [9.17, 15) is 4.79 Å². The molecular weight excluding hydrogens is 270 g/mol. The van der Waals surface area contributed by atoms with Crippen LogP contribution < -0.4 is 5.73 Å². The fourth-order valence-electron chi connectivity index (χ4n) is 1.81. The molecule has 1 amide bonds. The van der Waals surface area contributed by atoms with Gasteiger partial charge in [-0.05, 0) is 24.1 Å². The largest absolute Gasteiger partial charge is 0.345 e. The highest BCUT2D eigenvalue weighted by Crippen LogP contribution is 2.15. The van der Waals surface area contributed by atoms with Crippen molar-refractivity contribution in [1.29, 1.82) is 0 Å². The number of aromatic nitrogens is 1. The number of thioether (sulfide) groups is 1. The molecule has 0 saturated heterocycles. The first kappa shape index (κ1) is 17.0. The molecule has 0 aliphatic rings. The van der Waals surface area contributed by atoms with E-state index in [1.165, 1.54) is 0 Å². The zero-order valence-electron chi connectivity index (χ0n) is 12.6. The van der Waals surface area contributed by atoms with Crippen molar-refractivity contribution in [2.45, 2.75) is 26.0 Å². The number of carbonyl (C=O) groups excluding carboxylic acids is 1. The minimum atomic E-state index is -0.0223. The van der Waals surface area contributed by atoms with E-state index < -0.39 is 0 Å². The summed E-state index contributed by atoms with van der Waals surface area (Å²) in [6.07, 6.45) is 2.36. The molecule has 0 atom stereocenters. The summed E-state index contributed by atoms with van der Waals surface area (Å²) in [5, 5.41) is 0. The Bertz CT molecular complexity index is 409. The van der Waals surface area contributed by atoms with Gasteiger partial charge in [0.05, 0.1) is 5.69 Å². The summed E-state index contributed by atoms with van der Waals surface area (Å²) in [5.74, 6) is 1.86. The molecule has 1 heterocycles. The molecule has 0 fully saturated rings. The van der Waals surface area contributed by atoms with Gasteiger partial charge in [-0.2, -0.15) is 11.8 Å². The molecule has 0 bridgehead atoms. The first-order valence-corrected chi connectivity index (χ1v) is 8.02. The molecule has 0 unspecified atom stereocenters. The molecule has 20 heavy (non-hydrogen) atoms. The van der Waals surface area contributed by atoms with E-state index in [4.69, 9.17) is 5.73 Å². The van der Waals surface area contributed by atoms with Gasteiger partial charge < -0.3 is 10.6 Å². The lowest BCUT2D eigenvalue weighted by Gasteiger charge is -2.29. The van der Waals surface area contributed by atoms with Crippen LogP contribution in [0.4, 0.5) is 0 Å². The number of amides is 1. The highest BCUT2D eigenvalue weighted by molar-refractivity contribution is 7.98. The summed E-state index contributed by atoms with van der Waals surface area (Å²) in [5.41, 5.74) is 6.73. The van der Waals surface area contributed by atoms with Crippen LogP contribution in [-0.2, 0) is 10.5 Å². The van der Waals surface area contributed by atoms with Gasteiger partial charge in [-0.15, -0.1) is 0 Å². The minimum Gasteiger partial charge on any atom is -0.345 e. The van der Waals surface area contributed by atoms with Crippen molar-refractivity contribution >= 4 is 17.7 Å². The van der Waals surface area contributed by atoms with Gasteiger partial charge in [-0.3, -0.25) is 9.78 Å². The van der Waals surface area contributed by atoms with Crippen LogP contribution in [0.1, 0.15) is 26.0 Å². The number of nitrogens with zero attached hydrogens (tertiary/aromatic N) is 2. The first-order valence-electron chi connectivity index (χ1n) is 6.86. The Labute approximate surface area is 126 Å². The van der Waals surface area contributed by atoms with Crippen LogP contribution >= 0.6 is 11.8 Å². The van der Waals surface area contributed by atoms with Crippen LogP contribution in [0.2, 0.25) is 0 Å². The van der Waals surface area contributed by atoms with Gasteiger partial charge in [0.25, 0.3) is 0 Å². The molecular formula is C15H25N3OS. The Morgan fingerprint density at radius 3 is 2.80 bits per heavy atom. The van der Waals surface area contributed by atoms with Crippen LogP contribution in [0.25, 0.3) is 0 Å². The molecule has 5 heteroatoms. The van der Waals surface area contributed by atoms with Crippen molar-refractivity contribution < 1.29 is 4.79 Å². The van der Waals surface area contributed by atoms with Crippen LogP contribution in [0.15, 0.2) is 24.4 Å². The number of hydrogen-bond acceptors (Lipinski definition) is 4. The SMILES string of the molecule is CN(CC(C)(C)CN)C(=O)CCSCc1ccccn1. The van der Waals surface area contributed by atoms with E-state index in [0.29, 0.717) is 19.5 Å². The first-order chi connectivity index (χ1) is 9.44. The summed E-state index contributed by atoms with van der Waals surface area (Å²) >= 11 is 1.74. The standard InChI is InChI=1S/C15H25N3OS/c1-15(2,11-16)12-18(3)14(19)7-9-20-10-13-6-4-5-8-17-13/h4-6,8H,7,9-12,16H2,1-3H3. The van der Waals surface area contributed by atoms with Gasteiger partial charge in [0.1, 0.15) is 0 Å². The van der Waals surface area contributed by atoms with E-state index in [1.54, 1.807) is 22.9 Å². The third-order valence-corrected chi connectivity index (χ3v) is 4.07. The van der Waals surface area contributed by atoms with Gasteiger partial charge in [0, 0.05) is 37.7 Å². The second kappa shape index (κ2) is 8.27. The highest BCUT2D eigenvalue weighted by Gasteiger charge is 2.20. The van der Waals surface area contributed by atoms with E-state index in [1.807, 2.05) is 25.2 Å². The molecule has 0 aliphatic carbocycles. The summed E-state index contributed by atoms with van der Waals surface area (Å²) in [6.45, 7) is 5.44. The molecule has 0 aliphatic heterocycles. The van der Waals surface area contributed by atoms with Crippen LogP contribution in [0, 0.1) is 5.41 Å². The lowest BCUT2D eigenvalue weighted by Crippen LogP contribution is -2.39. The number of hydrogen-bond donors (Lipinski definition) is 1. The fraction of sp³-hybridized carbons (Fsp3) is 0.600. The molecule has 0 spiro atoms. The Morgan fingerprint density at radius 1 is 1.45 bits per heavy atom. The van der Waals surface area contributed by atoms with Gasteiger partial charge in [-0.1, -0.05) is 19.9 Å². The molecule has 112 valence electrons. The van der Waals surface area contributed by atoms with Crippen molar-refractivity contribution in [2.75, 3.05) is 25.9 Å². The third-order valence-electron chi connectivity index (χ3n) is 3.08. The topological polar surface area (TPSA) is 59.2 Å². The Balaban J connectivity index is 2.23. The highest BCUT2D eigenvalue weighted by atomic mass is 32.2. The lowest BCUT2D eigenvalue weighted by atomic mass is 9.93. The van der Waals surface area contributed by atoms with E-state index in [0.717, 1.165) is 17.2 Å². The van der Waals surface area contributed by atoms with Crippen molar-refractivity contribution in [1.82, 2.24) is 9.88 Å². The summed E-state index contributed by atoms with van der Waals surface area (Å²) < 4.78 is 0. The molecule has 2 N–H and O–H groups in total. The lowest BCUT2D eigenvalue weighted by molar-refractivity contribution is -0.130. The molecule has 0 saturated carbocycles. The third kappa shape index (κ3) is 6.39. The van der Waals surface area contributed by atoms with E-state index >= 15 is 0 Å². The molecule has 4 nitrogen and oxygen atoms in total. The quantitative estimate of drug-likeness (QED) is 0.747. The van der Waals surface area contributed by atoms with Gasteiger partial charge in [0.2, 0.25) is 5.91 Å². The van der Waals surface area contributed by atoms with Gasteiger partial charge in [-0.25, -0.2) is 0 Å². The monoisotopic (exact) mass is 295 g/mol. The maximum Gasteiger partial charge on any atom is 0.223 e. The Kier molecular flexibility index (Phi) is 7.02. The van der Waals surface area contributed by atoms with Crippen LogP contribution in [-0.4, -0.2) is 41.7 Å². The predicted molar refractivity (Wildman–Crippen MR) is 85.5 cm³/mol. The second-order valence-electron chi connectivity index (χ2n) is 5.74. The van der Waals surface area contributed by atoms with Gasteiger partial charge >= 0.3 is 0 Å². The molecule has 1 aromatic rings.